The third-order valence-corrected chi connectivity index (χ3v) is 9.83. The molecule has 1 aromatic carbocycles. The molecule has 3 aromatic rings. The zero-order valence-corrected chi connectivity index (χ0v) is 24.7. The number of allylic oxidation sites excluding steroid dienone is 3. The van der Waals surface area contributed by atoms with Crippen LogP contribution in [0.15, 0.2) is 63.4 Å². The first-order valence-corrected chi connectivity index (χ1v) is 15.1. The number of aryl methyl sites for hydroxylation is 1. The Morgan fingerprint density at radius 1 is 1.23 bits per heavy atom. The van der Waals surface area contributed by atoms with E-state index in [-0.39, 0.29) is 28.7 Å². The maximum Gasteiger partial charge on any atom is 0.234 e. The van der Waals surface area contributed by atoms with Crippen molar-refractivity contribution in [2.75, 3.05) is 16.0 Å². The van der Waals surface area contributed by atoms with E-state index in [4.69, 9.17) is 17.3 Å². The summed E-state index contributed by atoms with van der Waals surface area (Å²) in [7, 11) is 0. The number of hydrogen-bond donors (Lipinski definition) is 2. The van der Waals surface area contributed by atoms with Gasteiger partial charge in [-0.2, -0.15) is 5.26 Å². The predicted molar refractivity (Wildman–Crippen MR) is 157 cm³/mol. The SMILES string of the molecule is Cc1ccc(C2C(C#N)=C(N)N(c3nnc(SCC(=O)Nc4ccc(Cl)cc4)s3)C3=C2C(=O)CC(C)(C)C3)s1. The number of hydrogen-bond acceptors (Lipinski definition) is 10. The Labute approximate surface area is 243 Å². The quantitative estimate of drug-likeness (QED) is 0.321. The number of rotatable bonds is 6. The van der Waals surface area contributed by atoms with Crippen LogP contribution in [-0.4, -0.2) is 27.6 Å². The van der Waals surface area contributed by atoms with Gasteiger partial charge in [0.2, 0.25) is 11.0 Å². The van der Waals surface area contributed by atoms with Gasteiger partial charge in [-0.25, -0.2) is 0 Å². The van der Waals surface area contributed by atoms with Crippen LogP contribution >= 0.6 is 46.0 Å². The molecule has 0 radical (unpaired) electrons. The number of benzene rings is 1. The monoisotopic (exact) mass is 596 g/mol. The van der Waals surface area contributed by atoms with Crippen LogP contribution < -0.4 is 16.0 Å². The number of nitrogens with zero attached hydrogens (tertiary/aromatic N) is 4. The molecular formula is C27H25ClN6O2S3. The molecule has 0 fully saturated rings. The van der Waals surface area contributed by atoms with Crippen molar-refractivity contribution >= 4 is 68.5 Å². The van der Waals surface area contributed by atoms with Crippen molar-refractivity contribution in [3.05, 3.63) is 73.8 Å². The first-order valence-electron chi connectivity index (χ1n) is 12.1. The zero-order chi connectivity index (χ0) is 27.9. The van der Waals surface area contributed by atoms with E-state index in [0.717, 1.165) is 15.5 Å². The molecule has 3 N–H and O–H groups in total. The number of carbonyl (C=O) groups excluding carboxylic acids is 2. The molecule has 3 heterocycles. The summed E-state index contributed by atoms with van der Waals surface area (Å²) in [6, 6.07) is 13.1. The van der Waals surface area contributed by atoms with Gasteiger partial charge in [-0.15, -0.1) is 21.5 Å². The molecule has 2 aromatic heterocycles. The van der Waals surface area contributed by atoms with Crippen LogP contribution in [0, 0.1) is 23.7 Å². The number of halogens is 1. The topological polar surface area (TPSA) is 125 Å². The molecule has 1 aliphatic carbocycles. The van der Waals surface area contributed by atoms with E-state index in [1.54, 1.807) is 40.5 Å². The number of Topliss-reactive ketones (excluding diaryl/α,β-unsaturated/α-hetero) is 1. The van der Waals surface area contributed by atoms with Gasteiger partial charge in [-0.05, 0) is 55.2 Å². The lowest BCUT2D eigenvalue weighted by atomic mass is 9.70. The number of nitrogens with one attached hydrogen (secondary N) is 1. The van der Waals surface area contributed by atoms with E-state index in [0.29, 0.717) is 44.2 Å². The molecule has 0 spiro atoms. The predicted octanol–water partition coefficient (Wildman–Crippen LogP) is 6.23. The van der Waals surface area contributed by atoms with Gasteiger partial charge in [0.15, 0.2) is 10.1 Å². The van der Waals surface area contributed by atoms with Crippen molar-refractivity contribution in [2.45, 2.75) is 43.9 Å². The number of anilines is 2. The molecule has 0 bridgehead atoms. The minimum absolute atomic E-state index is 0.0144. The van der Waals surface area contributed by atoms with Gasteiger partial charge in [0.05, 0.1) is 23.3 Å². The molecule has 0 saturated carbocycles. The molecule has 0 saturated heterocycles. The lowest BCUT2D eigenvalue weighted by Crippen LogP contribution is -2.42. The Kier molecular flexibility index (Phi) is 7.57. The number of ketones is 1. The van der Waals surface area contributed by atoms with Crippen LogP contribution in [-0.2, 0) is 9.59 Å². The molecule has 12 heteroatoms. The van der Waals surface area contributed by atoms with Crippen molar-refractivity contribution in [2.24, 2.45) is 11.1 Å². The Bertz CT molecular complexity index is 1560. The Morgan fingerprint density at radius 2 is 1.97 bits per heavy atom. The lowest BCUT2D eigenvalue weighted by molar-refractivity contribution is -0.118. The van der Waals surface area contributed by atoms with Gasteiger partial charge in [-0.3, -0.25) is 14.5 Å². The van der Waals surface area contributed by atoms with Gasteiger partial charge >= 0.3 is 0 Å². The Balaban J connectivity index is 1.45. The van der Waals surface area contributed by atoms with E-state index in [1.165, 1.54) is 23.1 Å². The van der Waals surface area contributed by atoms with E-state index in [1.807, 2.05) is 19.1 Å². The normalized spacial score (nSPS) is 18.7. The van der Waals surface area contributed by atoms with Crippen molar-refractivity contribution in [3.63, 3.8) is 0 Å². The van der Waals surface area contributed by atoms with Crippen molar-refractivity contribution in [1.82, 2.24) is 10.2 Å². The number of carbonyl (C=O) groups is 2. The molecule has 5 rings (SSSR count). The Morgan fingerprint density at radius 3 is 2.64 bits per heavy atom. The Hall–Kier alpha value is -3.17. The lowest BCUT2D eigenvalue weighted by Gasteiger charge is -2.42. The maximum atomic E-state index is 13.6. The van der Waals surface area contributed by atoms with Gasteiger partial charge in [0, 0.05) is 38.2 Å². The summed E-state index contributed by atoms with van der Waals surface area (Å²) >= 11 is 9.99. The van der Waals surface area contributed by atoms with Crippen molar-refractivity contribution in [1.29, 1.82) is 5.26 Å². The molecule has 1 amide bonds. The van der Waals surface area contributed by atoms with Crippen LogP contribution in [0.2, 0.25) is 5.02 Å². The van der Waals surface area contributed by atoms with Gasteiger partial charge in [-0.1, -0.05) is 48.5 Å². The second-order valence-corrected chi connectivity index (χ2v) is 14.1. The second kappa shape index (κ2) is 10.8. The van der Waals surface area contributed by atoms with Gasteiger partial charge < -0.3 is 11.1 Å². The fraction of sp³-hybridized carbons (Fsp3) is 0.296. The average molecular weight is 597 g/mol. The van der Waals surface area contributed by atoms with Crippen molar-refractivity contribution in [3.8, 4) is 6.07 Å². The zero-order valence-electron chi connectivity index (χ0n) is 21.4. The van der Waals surface area contributed by atoms with Gasteiger partial charge in [0.25, 0.3) is 0 Å². The highest BCUT2D eigenvalue weighted by atomic mass is 35.5. The summed E-state index contributed by atoms with van der Waals surface area (Å²) in [5, 5.41) is 22.7. The molecule has 1 unspecified atom stereocenters. The second-order valence-electron chi connectivity index (χ2n) is 10.1. The third-order valence-electron chi connectivity index (χ3n) is 6.47. The summed E-state index contributed by atoms with van der Waals surface area (Å²) in [6.07, 6.45) is 0.985. The van der Waals surface area contributed by atoms with E-state index < -0.39 is 5.92 Å². The van der Waals surface area contributed by atoms with E-state index in [9.17, 15) is 14.9 Å². The maximum absolute atomic E-state index is 13.6. The third kappa shape index (κ3) is 5.61. The van der Waals surface area contributed by atoms with Crippen LogP contribution in [0.5, 0.6) is 0 Å². The summed E-state index contributed by atoms with van der Waals surface area (Å²) in [5.41, 5.74) is 8.74. The minimum Gasteiger partial charge on any atom is -0.384 e. The largest absolute Gasteiger partial charge is 0.384 e. The van der Waals surface area contributed by atoms with Crippen molar-refractivity contribution < 1.29 is 9.59 Å². The summed E-state index contributed by atoms with van der Waals surface area (Å²) in [6.45, 7) is 6.11. The highest BCUT2D eigenvalue weighted by Crippen LogP contribution is 2.51. The first-order chi connectivity index (χ1) is 18.6. The molecule has 1 atom stereocenters. The summed E-state index contributed by atoms with van der Waals surface area (Å²) in [4.78, 5) is 29.8. The standard InChI is InChI=1S/C27H25ClN6O2S3/c1-14-4-9-20(38-14)22-17(12-29)24(30)34(18-10-27(2,3)11-19(35)23(18)22)25-32-33-26(39-25)37-13-21(36)31-16-7-5-15(28)6-8-16/h4-9,22H,10-11,13,30H2,1-3H3,(H,31,36). The van der Waals surface area contributed by atoms with Crippen LogP contribution in [0.1, 0.15) is 42.4 Å². The summed E-state index contributed by atoms with van der Waals surface area (Å²) < 4.78 is 0.571. The number of aromatic nitrogens is 2. The highest BCUT2D eigenvalue weighted by molar-refractivity contribution is 8.01. The summed E-state index contributed by atoms with van der Waals surface area (Å²) in [5.74, 6) is -0.291. The first kappa shape index (κ1) is 27.4. The fourth-order valence-electron chi connectivity index (χ4n) is 4.83. The number of thioether (sulfide) groups is 1. The number of nitriles is 1. The molecule has 200 valence electrons. The molecule has 2 aliphatic rings. The minimum atomic E-state index is -0.498. The average Bonchev–Trinajstić information content (AvgIpc) is 3.51. The molecular weight excluding hydrogens is 572 g/mol. The molecule has 39 heavy (non-hydrogen) atoms. The van der Waals surface area contributed by atoms with Crippen LogP contribution in [0.3, 0.4) is 0 Å². The van der Waals surface area contributed by atoms with Crippen LogP contribution in [0.25, 0.3) is 0 Å². The van der Waals surface area contributed by atoms with Gasteiger partial charge in [0.1, 0.15) is 5.82 Å². The van der Waals surface area contributed by atoms with Crippen LogP contribution in [0.4, 0.5) is 10.8 Å². The van der Waals surface area contributed by atoms with E-state index in [2.05, 4.69) is 35.4 Å². The number of amides is 1. The molecule has 1 aliphatic heterocycles. The fourth-order valence-corrected chi connectivity index (χ4v) is 7.63. The number of nitrogens with two attached hydrogens (primary N) is 1. The highest BCUT2D eigenvalue weighted by Gasteiger charge is 2.45. The smallest absolute Gasteiger partial charge is 0.234 e. The van der Waals surface area contributed by atoms with E-state index >= 15 is 0 Å². The molecule has 8 nitrogen and oxygen atoms in total. The number of thiophene rings is 1.